The smallest absolute Gasteiger partial charge is 0.138 e. The molecular formula is C19H22N4OS. The summed E-state index contributed by atoms with van der Waals surface area (Å²) in [4.78, 5) is 15.9. The molecule has 130 valence electrons. The molecule has 2 N–H and O–H groups in total. The van der Waals surface area contributed by atoms with Crippen molar-refractivity contribution in [1.29, 1.82) is 0 Å². The lowest BCUT2D eigenvalue weighted by molar-refractivity contribution is 0.232. The summed E-state index contributed by atoms with van der Waals surface area (Å²) >= 11 is 1.81. The van der Waals surface area contributed by atoms with Crippen molar-refractivity contribution in [2.24, 2.45) is 5.92 Å². The predicted octanol–water partition coefficient (Wildman–Crippen LogP) is 3.23. The number of thiophene rings is 1. The van der Waals surface area contributed by atoms with E-state index in [0.717, 1.165) is 35.6 Å². The normalized spacial score (nSPS) is 15.1. The molecule has 1 unspecified atom stereocenters. The van der Waals surface area contributed by atoms with Crippen molar-refractivity contribution in [2.75, 3.05) is 18.5 Å². The van der Waals surface area contributed by atoms with Crippen molar-refractivity contribution < 1.29 is 5.11 Å². The molecule has 1 atom stereocenters. The first-order chi connectivity index (χ1) is 12.3. The summed E-state index contributed by atoms with van der Waals surface area (Å²) in [6, 6.07) is 5.89. The number of aryl methyl sites for hydroxylation is 2. The average Bonchev–Trinajstić information content (AvgIpc) is 3.05. The van der Waals surface area contributed by atoms with Gasteiger partial charge in [0.05, 0.1) is 5.39 Å². The first-order valence-electron chi connectivity index (χ1n) is 8.85. The summed E-state index contributed by atoms with van der Waals surface area (Å²) in [5.41, 5.74) is 2.43. The molecule has 4 rings (SSSR count). The van der Waals surface area contributed by atoms with E-state index in [2.05, 4.69) is 20.3 Å². The number of hydrogen-bond donors (Lipinski definition) is 2. The molecule has 0 amide bonds. The zero-order valence-electron chi connectivity index (χ0n) is 14.1. The third kappa shape index (κ3) is 3.50. The highest BCUT2D eigenvalue weighted by atomic mass is 32.1. The molecule has 3 aromatic rings. The maximum atomic E-state index is 9.73. The summed E-state index contributed by atoms with van der Waals surface area (Å²) in [6.45, 7) is 0.795. The van der Waals surface area contributed by atoms with Gasteiger partial charge < -0.3 is 10.4 Å². The molecule has 5 nitrogen and oxygen atoms in total. The highest BCUT2D eigenvalue weighted by molar-refractivity contribution is 7.19. The number of aliphatic hydroxyl groups is 1. The fraction of sp³-hybridized carbons (Fsp3) is 0.421. The van der Waals surface area contributed by atoms with Crippen molar-refractivity contribution in [1.82, 2.24) is 15.0 Å². The van der Waals surface area contributed by atoms with Crippen LogP contribution in [0.25, 0.3) is 10.2 Å². The number of pyridine rings is 1. The summed E-state index contributed by atoms with van der Waals surface area (Å²) < 4.78 is 0. The topological polar surface area (TPSA) is 70.9 Å². The minimum Gasteiger partial charge on any atom is -0.396 e. The molecule has 1 aliphatic rings. The van der Waals surface area contributed by atoms with Crippen molar-refractivity contribution in [2.45, 2.75) is 32.1 Å². The van der Waals surface area contributed by atoms with Crippen molar-refractivity contribution in [3.63, 3.8) is 0 Å². The van der Waals surface area contributed by atoms with Crippen LogP contribution in [0.2, 0.25) is 0 Å². The second-order valence-corrected chi connectivity index (χ2v) is 7.65. The van der Waals surface area contributed by atoms with E-state index in [9.17, 15) is 5.11 Å². The van der Waals surface area contributed by atoms with Crippen LogP contribution < -0.4 is 5.32 Å². The van der Waals surface area contributed by atoms with Gasteiger partial charge in [0.25, 0.3) is 0 Å². The fourth-order valence-electron chi connectivity index (χ4n) is 3.48. The SMILES string of the molecule is OCC(CNc1ncnc2sc3c(c12)CCCC3)Cc1ccccn1. The van der Waals surface area contributed by atoms with Crippen LogP contribution in [0, 0.1) is 5.92 Å². The van der Waals surface area contributed by atoms with Crippen LogP contribution in [0.15, 0.2) is 30.7 Å². The largest absolute Gasteiger partial charge is 0.396 e. The molecule has 0 saturated carbocycles. The highest BCUT2D eigenvalue weighted by Gasteiger charge is 2.20. The molecule has 6 heteroatoms. The first-order valence-corrected chi connectivity index (χ1v) is 9.66. The van der Waals surface area contributed by atoms with Gasteiger partial charge in [0.15, 0.2) is 0 Å². The van der Waals surface area contributed by atoms with Crippen LogP contribution in [0.3, 0.4) is 0 Å². The summed E-state index contributed by atoms with van der Waals surface area (Å²) in [6.07, 6.45) is 8.98. The van der Waals surface area contributed by atoms with E-state index in [1.165, 1.54) is 28.7 Å². The number of fused-ring (bicyclic) bond motifs is 3. The molecule has 0 aliphatic heterocycles. The third-order valence-electron chi connectivity index (χ3n) is 4.79. The van der Waals surface area contributed by atoms with Gasteiger partial charge in [-0.15, -0.1) is 11.3 Å². The minimum absolute atomic E-state index is 0.106. The lowest BCUT2D eigenvalue weighted by atomic mass is 9.97. The maximum absolute atomic E-state index is 9.73. The number of aromatic nitrogens is 3. The van der Waals surface area contributed by atoms with Gasteiger partial charge in [-0.25, -0.2) is 9.97 Å². The van der Waals surface area contributed by atoms with Crippen LogP contribution in [0.4, 0.5) is 5.82 Å². The van der Waals surface area contributed by atoms with Gasteiger partial charge in [-0.05, 0) is 49.8 Å². The van der Waals surface area contributed by atoms with E-state index < -0.39 is 0 Å². The Morgan fingerprint density at radius 1 is 1.16 bits per heavy atom. The zero-order chi connectivity index (χ0) is 17.1. The van der Waals surface area contributed by atoms with Gasteiger partial charge in [0.1, 0.15) is 17.0 Å². The van der Waals surface area contributed by atoms with E-state index in [-0.39, 0.29) is 12.5 Å². The summed E-state index contributed by atoms with van der Waals surface area (Å²) in [5.74, 6) is 1.01. The molecule has 0 bridgehead atoms. The number of aliphatic hydroxyl groups excluding tert-OH is 1. The number of nitrogens with one attached hydrogen (secondary N) is 1. The number of nitrogens with zero attached hydrogens (tertiary/aromatic N) is 3. The Labute approximate surface area is 151 Å². The standard InChI is InChI=1S/C19H22N4OS/c24-11-13(9-14-5-3-4-8-20-14)10-21-18-17-15-6-1-2-7-16(15)25-19(17)23-12-22-18/h3-5,8,12-13,24H,1-2,6-7,9-11H2,(H,21,22,23). The molecule has 0 saturated heterocycles. The first kappa shape index (κ1) is 16.4. The molecule has 3 aromatic heterocycles. The van der Waals surface area contributed by atoms with Crippen molar-refractivity contribution >= 4 is 27.4 Å². The Kier molecular flexibility index (Phi) is 4.90. The van der Waals surface area contributed by atoms with E-state index in [1.807, 2.05) is 18.2 Å². The molecule has 0 fully saturated rings. The number of rotatable bonds is 6. The van der Waals surface area contributed by atoms with Crippen LogP contribution in [-0.4, -0.2) is 33.2 Å². The lowest BCUT2D eigenvalue weighted by Gasteiger charge is -2.16. The Hall–Kier alpha value is -2.05. The van der Waals surface area contributed by atoms with Crippen molar-refractivity contribution in [3.05, 3.63) is 46.9 Å². The molecular weight excluding hydrogens is 332 g/mol. The summed E-state index contributed by atoms with van der Waals surface area (Å²) in [5, 5.41) is 14.4. The van der Waals surface area contributed by atoms with Gasteiger partial charge in [0, 0.05) is 35.8 Å². The Morgan fingerprint density at radius 3 is 2.92 bits per heavy atom. The second-order valence-electron chi connectivity index (χ2n) is 6.57. The van der Waals surface area contributed by atoms with Crippen molar-refractivity contribution in [3.8, 4) is 0 Å². The van der Waals surface area contributed by atoms with Crippen LogP contribution >= 0.6 is 11.3 Å². The fourth-order valence-corrected chi connectivity index (χ4v) is 4.71. The van der Waals surface area contributed by atoms with Gasteiger partial charge in [-0.1, -0.05) is 6.07 Å². The number of anilines is 1. The molecule has 25 heavy (non-hydrogen) atoms. The summed E-state index contributed by atoms with van der Waals surface area (Å²) in [7, 11) is 0. The molecule has 0 radical (unpaired) electrons. The zero-order valence-corrected chi connectivity index (χ0v) is 14.9. The number of hydrogen-bond acceptors (Lipinski definition) is 6. The third-order valence-corrected chi connectivity index (χ3v) is 5.99. The Bertz CT molecular complexity index is 849. The van der Waals surface area contributed by atoms with Gasteiger partial charge in [0.2, 0.25) is 0 Å². The van der Waals surface area contributed by atoms with Crippen LogP contribution in [-0.2, 0) is 19.3 Å². The molecule has 1 aliphatic carbocycles. The highest BCUT2D eigenvalue weighted by Crippen LogP contribution is 2.38. The average molecular weight is 354 g/mol. The molecule has 0 spiro atoms. The second kappa shape index (κ2) is 7.45. The van der Waals surface area contributed by atoms with Crippen LogP contribution in [0.5, 0.6) is 0 Å². The Balaban J connectivity index is 1.53. The van der Waals surface area contributed by atoms with Crippen LogP contribution in [0.1, 0.15) is 29.0 Å². The quantitative estimate of drug-likeness (QED) is 0.711. The minimum atomic E-state index is 0.106. The lowest BCUT2D eigenvalue weighted by Crippen LogP contribution is -2.21. The van der Waals surface area contributed by atoms with Gasteiger partial charge in [-0.2, -0.15) is 0 Å². The van der Waals surface area contributed by atoms with E-state index in [1.54, 1.807) is 23.9 Å². The van der Waals surface area contributed by atoms with E-state index in [0.29, 0.717) is 6.54 Å². The maximum Gasteiger partial charge on any atom is 0.138 e. The monoisotopic (exact) mass is 354 g/mol. The predicted molar refractivity (Wildman–Crippen MR) is 101 cm³/mol. The molecule has 3 heterocycles. The van der Waals surface area contributed by atoms with Gasteiger partial charge >= 0.3 is 0 Å². The van der Waals surface area contributed by atoms with E-state index in [4.69, 9.17) is 0 Å². The molecule has 0 aromatic carbocycles. The van der Waals surface area contributed by atoms with E-state index >= 15 is 0 Å². The van der Waals surface area contributed by atoms with Gasteiger partial charge in [-0.3, -0.25) is 4.98 Å². The Morgan fingerprint density at radius 2 is 2.08 bits per heavy atom.